The summed E-state index contributed by atoms with van der Waals surface area (Å²) in [5.41, 5.74) is 6.33. The van der Waals surface area contributed by atoms with Crippen LogP contribution in [0, 0.1) is 34.5 Å². The second-order valence-corrected chi connectivity index (χ2v) is 7.47. The zero-order chi connectivity index (χ0) is 13.8. The fraction of sp³-hybridized carbons (Fsp3) is 0.933. The summed E-state index contributed by atoms with van der Waals surface area (Å²) in [7, 11) is 0. The third-order valence-electron chi connectivity index (χ3n) is 6.50. The van der Waals surface area contributed by atoms with Crippen molar-refractivity contribution in [3.05, 3.63) is 0 Å². The third-order valence-corrected chi connectivity index (χ3v) is 6.50. The van der Waals surface area contributed by atoms with Crippen molar-refractivity contribution in [3.63, 3.8) is 0 Å². The van der Waals surface area contributed by atoms with Crippen molar-refractivity contribution in [2.45, 2.75) is 39.7 Å². The van der Waals surface area contributed by atoms with Crippen molar-refractivity contribution in [1.29, 1.82) is 5.41 Å². The molecule has 0 aromatic heterocycles. The van der Waals surface area contributed by atoms with Gasteiger partial charge in [-0.2, -0.15) is 0 Å². The predicted molar refractivity (Wildman–Crippen MR) is 77.9 cm³/mol. The Morgan fingerprint density at radius 3 is 2.68 bits per heavy atom. The Hall–Kier alpha value is -0.770. The van der Waals surface area contributed by atoms with Crippen LogP contribution < -0.4 is 11.1 Å². The van der Waals surface area contributed by atoms with Crippen molar-refractivity contribution in [3.8, 4) is 0 Å². The van der Waals surface area contributed by atoms with Crippen LogP contribution in [0.1, 0.15) is 33.6 Å². The van der Waals surface area contributed by atoms with Crippen LogP contribution in [-0.2, 0) is 0 Å². The van der Waals surface area contributed by atoms with E-state index in [2.05, 4.69) is 31.0 Å². The lowest BCUT2D eigenvalue weighted by Gasteiger charge is -2.64. The molecule has 0 aromatic rings. The highest BCUT2D eigenvalue weighted by Gasteiger charge is 2.57. The van der Waals surface area contributed by atoms with Gasteiger partial charge in [0.05, 0.1) is 0 Å². The third kappa shape index (κ3) is 1.87. The molecule has 4 heteroatoms. The van der Waals surface area contributed by atoms with Crippen LogP contribution in [0.2, 0.25) is 0 Å². The lowest BCUT2D eigenvalue weighted by Crippen LogP contribution is -2.64. The average Bonchev–Trinajstić information content (AvgIpc) is 2.38. The Morgan fingerprint density at radius 1 is 1.37 bits per heavy atom. The van der Waals surface area contributed by atoms with Gasteiger partial charge in [0.25, 0.3) is 0 Å². The summed E-state index contributed by atoms with van der Waals surface area (Å²) < 4.78 is 0. The SMILES string of the molecule is C[C@@H]1[C@@H](C2CNCCN2C(=N)N)C[C@@H]2C[C@H]1C2(C)C. The molecule has 5 atom stereocenters. The van der Waals surface area contributed by atoms with Crippen LogP contribution in [0.15, 0.2) is 0 Å². The lowest BCUT2D eigenvalue weighted by atomic mass is 9.42. The first-order valence-corrected chi connectivity index (χ1v) is 7.74. The topological polar surface area (TPSA) is 65.1 Å². The molecule has 3 saturated carbocycles. The van der Waals surface area contributed by atoms with Crippen LogP contribution in [0.5, 0.6) is 0 Å². The van der Waals surface area contributed by atoms with Gasteiger partial charge >= 0.3 is 0 Å². The number of nitrogens with zero attached hydrogens (tertiary/aromatic N) is 1. The Kier molecular flexibility index (Phi) is 3.04. The molecule has 1 heterocycles. The molecule has 1 aliphatic heterocycles. The van der Waals surface area contributed by atoms with E-state index in [4.69, 9.17) is 11.1 Å². The molecule has 3 aliphatic carbocycles. The highest BCUT2D eigenvalue weighted by atomic mass is 15.3. The molecule has 4 fully saturated rings. The Morgan fingerprint density at radius 2 is 2.11 bits per heavy atom. The summed E-state index contributed by atoms with van der Waals surface area (Å²) >= 11 is 0. The zero-order valence-corrected chi connectivity index (χ0v) is 12.4. The molecule has 4 nitrogen and oxygen atoms in total. The van der Waals surface area contributed by atoms with Gasteiger partial charge in [0.1, 0.15) is 0 Å². The van der Waals surface area contributed by atoms with E-state index in [0.29, 0.717) is 17.4 Å². The molecule has 19 heavy (non-hydrogen) atoms. The summed E-state index contributed by atoms with van der Waals surface area (Å²) in [5.74, 6) is 3.47. The Balaban J connectivity index is 1.77. The average molecular weight is 264 g/mol. The summed E-state index contributed by atoms with van der Waals surface area (Å²) in [6, 6.07) is 0.433. The molecule has 1 saturated heterocycles. The van der Waals surface area contributed by atoms with Gasteiger partial charge in [-0.05, 0) is 41.9 Å². The maximum absolute atomic E-state index is 7.82. The molecule has 0 spiro atoms. The van der Waals surface area contributed by atoms with E-state index in [1.54, 1.807) is 0 Å². The van der Waals surface area contributed by atoms with Crippen LogP contribution in [-0.4, -0.2) is 36.5 Å². The van der Waals surface area contributed by atoms with E-state index < -0.39 is 0 Å². The second-order valence-electron chi connectivity index (χ2n) is 7.47. The number of nitrogens with one attached hydrogen (secondary N) is 2. The standard InChI is InChI=1S/C15H28N4/c1-9-11(6-10-7-12(9)15(10,2)3)13-8-18-4-5-19(13)14(16)17/h9-13,18H,4-8H2,1-3H3,(H3,16,17)/t9-,10-,11+,12-,13?/m1/s1. The minimum absolute atomic E-state index is 0.261. The van der Waals surface area contributed by atoms with Gasteiger partial charge in [-0.3, -0.25) is 5.41 Å². The van der Waals surface area contributed by atoms with E-state index in [1.165, 1.54) is 12.8 Å². The van der Waals surface area contributed by atoms with Gasteiger partial charge < -0.3 is 16.0 Å². The summed E-state index contributed by atoms with van der Waals surface area (Å²) in [6.07, 6.45) is 2.74. The molecule has 1 unspecified atom stereocenters. The summed E-state index contributed by atoms with van der Waals surface area (Å²) in [4.78, 5) is 2.13. The van der Waals surface area contributed by atoms with Crippen LogP contribution in [0.4, 0.5) is 0 Å². The number of guanidine groups is 1. The highest BCUT2D eigenvalue weighted by molar-refractivity contribution is 5.75. The molecule has 4 aliphatic rings. The monoisotopic (exact) mass is 264 g/mol. The van der Waals surface area contributed by atoms with Gasteiger partial charge in [0.2, 0.25) is 0 Å². The molecule has 108 valence electrons. The summed E-state index contributed by atoms with van der Waals surface area (Å²) in [5, 5.41) is 11.3. The molecule has 0 aromatic carbocycles. The molecular weight excluding hydrogens is 236 g/mol. The van der Waals surface area contributed by atoms with Gasteiger partial charge in [-0.25, -0.2) is 0 Å². The number of fused-ring (bicyclic) bond motifs is 2. The van der Waals surface area contributed by atoms with Crippen LogP contribution in [0.3, 0.4) is 0 Å². The van der Waals surface area contributed by atoms with Crippen molar-refractivity contribution in [1.82, 2.24) is 10.2 Å². The lowest BCUT2D eigenvalue weighted by molar-refractivity contribution is -0.141. The molecular formula is C15H28N4. The normalized spacial score (nSPS) is 44.6. The molecule has 0 radical (unpaired) electrons. The van der Waals surface area contributed by atoms with Gasteiger partial charge in [0.15, 0.2) is 5.96 Å². The van der Waals surface area contributed by atoms with Crippen LogP contribution >= 0.6 is 0 Å². The minimum Gasteiger partial charge on any atom is -0.370 e. The molecule has 2 bridgehead atoms. The largest absolute Gasteiger partial charge is 0.370 e. The molecule has 0 amide bonds. The molecule has 4 rings (SSSR count). The summed E-state index contributed by atoms with van der Waals surface area (Å²) in [6.45, 7) is 10.2. The van der Waals surface area contributed by atoms with E-state index in [9.17, 15) is 0 Å². The fourth-order valence-electron chi connectivity index (χ4n) is 5.10. The van der Waals surface area contributed by atoms with Crippen molar-refractivity contribution < 1.29 is 0 Å². The van der Waals surface area contributed by atoms with Gasteiger partial charge in [-0.1, -0.05) is 20.8 Å². The van der Waals surface area contributed by atoms with E-state index in [-0.39, 0.29) is 5.96 Å². The number of hydrogen-bond acceptors (Lipinski definition) is 2. The van der Waals surface area contributed by atoms with E-state index >= 15 is 0 Å². The van der Waals surface area contributed by atoms with E-state index in [0.717, 1.165) is 37.4 Å². The first-order valence-electron chi connectivity index (χ1n) is 7.74. The predicted octanol–water partition coefficient (Wildman–Crippen LogP) is 1.47. The van der Waals surface area contributed by atoms with Gasteiger partial charge in [0, 0.05) is 25.7 Å². The smallest absolute Gasteiger partial charge is 0.188 e. The Labute approximate surface area is 116 Å². The maximum Gasteiger partial charge on any atom is 0.188 e. The number of rotatable bonds is 1. The van der Waals surface area contributed by atoms with Crippen LogP contribution in [0.25, 0.3) is 0 Å². The van der Waals surface area contributed by atoms with Crippen molar-refractivity contribution in [2.24, 2.45) is 34.8 Å². The van der Waals surface area contributed by atoms with Crippen molar-refractivity contribution >= 4 is 5.96 Å². The minimum atomic E-state index is 0.261. The second kappa shape index (κ2) is 4.37. The van der Waals surface area contributed by atoms with Crippen molar-refractivity contribution in [2.75, 3.05) is 19.6 Å². The van der Waals surface area contributed by atoms with E-state index in [1.807, 2.05) is 0 Å². The number of hydrogen-bond donors (Lipinski definition) is 3. The zero-order valence-electron chi connectivity index (χ0n) is 12.4. The van der Waals surface area contributed by atoms with Gasteiger partial charge in [-0.15, -0.1) is 0 Å². The molecule has 4 N–H and O–H groups in total. The first kappa shape index (κ1) is 13.2. The Bertz CT molecular complexity index is 378. The fourth-order valence-corrected chi connectivity index (χ4v) is 5.10. The first-order chi connectivity index (χ1) is 8.93. The number of piperazine rings is 1. The maximum atomic E-state index is 7.82. The highest BCUT2D eigenvalue weighted by Crippen LogP contribution is 2.63. The quantitative estimate of drug-likeness (QED) is 0.496. The number of nitrogens with two attached hydrogens (primary N) is 1.